The molecule has 16 heavy (non-hydrogen) atoms. The van der Waals surface area contributed by atoms with Crippen molar-refractivity contribution in [2.75, 3.05) is 27.7 Å². The van der Waals surface area contributed by atoms with E-state index in [9.17, 15) is 14.4 Å². The fourth-order valence-corrected chi connectivity index (χ4v) is 1.15. The molecular weight excluding hydrogens is 212 g/mol. The highest BCUT2D eigenvalue weighted by Crippen LogP contribution is 2.00. The molecular formula is C10H18N2O4. The third-order valence-corrected chi connectivity index (χ3v) is 1.93. The van der Waals surface area contributed by atoms with Crippen LogP contribution in [0.2, 0.25) is 0 Å². The van der Waals surface area contributed by atoms with Crippen molar-refractivity contribution >= 4 is 17.7 Å². The van der Waals surface area contributed by atoms with Crippen LogP contribution in [0.1, 0.15) is 19.8 Å². The second-order valence-electron chi connectivity index (χ2n) is 3.57. The Morgan fingerprint density at radius 2 is 1.75 bits per heavy atom. The third kappa shape index (κ3) is 5.45. The highest BCUT2D eigenvalue weighted by molar-refractivity contribution is 5.96. The van der Waals surface area contributed by atoms with Gasteiger partial charge in [0, 0.05) is 20.6 Å². The van der Waals surface area contributed by atoms with Gasteiger partial charge in [0.1, 0.15) is 5.78 Å². The maximum absolute atomic E-state index is 11.6. The van der Waals surface area contributed by atoms with Gasteiger partial charge in [0.15, 0.2) is 0 Å². The Morgan fingerprint density at radius 1 is 1.19 bits per heavy atom. The van der Waals surface area contributed by atoms with Gasteiger partial charge in [-0.15, -0.1) is 0 Å². The van der Waals surface area contributed by atoms with Crippen molar-refractivity contribution < 1.29 is 19.1 Å². The molecule has 0 saturated heterocycles. The molecule has 0 bridgehead atoms. The smallest absolute Gasteiger partial charge is 0.307 e. The Hall–Kier alpha value is -1.43. The molecule has 0 fully saturated rings. The normalized spacial score (nSPS) is 10.1. The minimum absolute atomic E-state index is 0.109. The number of nitrogens with zero attached hydrogens (tertiary/aromatic N) is 2. The summed E-state index contributed by atoms with van der Waals surface area (Å²) in [5.74, 6) is -0.904. The summed E-state index contributed by atoms with van der Waals surface area (Å²) >= 11 is 0. The highest BCUT2D eigenvalue weighted by atomic mass is 16.5. The number of hydrogen-bond acceptors (Lipinski definition) is 5. The number of hydrazine groups is 1. The standard InChI is InChI=1S/C10H18N2O4/c1-8(13)7-9(14)12(11(2)3)6-5-10(15)16-4/h5-7H2,1-4H3. The van der Waals surface area contributed by atoms with E-state index in [-0.39, 0.29) is 37.0 Å². The molecule has 92 valence electrons. The van der Waals surface area contributed by atoms with Crippen LogP contribution < -0.4 is 0 Å². The first kappa shape index (κ1) is 14.6. The van der Waals surface area contributed by atoms with Crippen LogP contribution in [0, 0.1) is 0 Å². The number of methoxy groups -OCH3 is 1. The van der Waals surface area contributed by atoms with Crippen molar-refractivity contribution in [1.29, 1.82) is 0 Å². The SMILES string of the molecule is COC(=O)CCN(C(=O)CC(C)=O)N(C)C. The van der Waals surface area contributed by atoms with E-state index in [1.807, 2.05) is 0 Å². The van der Waals surface area contributed by atoms with Crippen molar-refractivity contribution in [3.8, 4) is 0 Å². The Balaban J connectivity index is 4.32. The van der Waals surface area contributed by atoms with Gasteiger partial charge in [-0.05, 0) is 6.92 Å². The number of carbonyl (C=O) groups excluding carboxylic acids is 3. The van der Waals surface area contributed by atoms with E-state index in [0.29, 0.717) is 0 Å². The summed E-state index contributed by atoms with van der Waals surface area (Å²) in [5.41, 5.74) is 0. The van der Waals surface area contributed by atoms with Crippen molar-refractivity contribution in [2.24, 2.45) is 0 Å². The quantitative estimate of drug-likeness (QED) is 0.360. The molecule has 6 nitrogen and oxygen atoms in total. The number of rotatable bonds is 6. The van der Waals surface area contributed by atoms with Gasteiger partial charge in [-0.1, -0.05) is 0 Å². The summed E-state index contributed by atoms with van der Waals surface area (Å²) in [7, 11) is 4.64. The lowest BCUT2D eigenvalue weighted by Crippen LogP contribution is -2.43. The highest BCUT2D eigenvalue weighted by Gasteiger charge is 2.18. The third-order valence-electron chi connectivity index (χ3n) is 1.93. The number of hydrogen-bond donors (Lipinski definition) is 0. The number of amides is 1. The number of ether oxygens (including phenoxy) is 1. The Bertz CT molecular complexity index is 276. The summed E-state index contributed by atoms with van der Waals surface area (Å²) in [6.07, 6.45) is -0.0440. The van der Waals surface area contributed by atoms with E-state index in [0.717, 1.165) is 0 Å². The first-order valence-corrected chi connectivity index (χ1v) is 4.92. The van der Waals surface area contributed by atoms with E-state index in [2.05, 4.69) is 4.74 Å². The molecule has 1 amide bonds. The van der Waals surface area contributed by atoms with Crippen LogP contribution in [0.5, 0.6) is 0 Å². The fraction of sp³-hybridized carbons (Fsp3) is 0.700. The maximum atomic E-state index is 11.6. The van der Waals surface area contributed by atoms with Crippen LogP contribution in [0.3, 0.4) is 0 Å². The predicted molar refractivity (Wildman–Crippen MR) is 57.3 cm³/mol. The maximum Gasteiger partial charge on any atom is 0.307 e. The van der Waals surface area contributed by atoms with Crippen LogP contribution in [0.4, 0.5) is 0 Å². The average Bonchev–Trinajstić information content (AvgIpc) is 2.15. The molecule has 0 aliphatic carbocycles. The zero-order valence-electron chi connectivity index (χ0n) is 10.1. The molecule has 0 atom stereocenters. The zero-order valence-corrected chi connectivity index (χ0v) is 10.1. The van der Waals surface area contributed by atoms with Crippen LogP contribution in [-0.2, 0) is 19.1 Å². The number of esters is 1. The van der Waals surface area contributed by atoms with Crippen molar-refractivity contribution in [3.63, 3.8) is 0 Å². The molecule has 0 rings (SSSR count). The Labute approximate surface area is 95.1 Å². The summed E-state index contributed by atoms with van der Waals surface area (Å²) in [4.78, 5) is 33.4. The largest absolute Gasteiger partial charge is 0.469 e. The van der Waals surface area contributed by atoms with Crippen molar-refractivity contribution in [1.82, 2.24) is 10.0 Å². The number of Topliss-reactive ketones (excluding diaryl/α,β-unsaturated/α-hetero) is 1. The first-order valence-electron chi connectivity index (χ1n) is 4.92. The molecule has 0 spiro atoms. The lowest BCUT2D eigenvalue weighted by atomic mass is 10.3. The lowest BCUT2D eigenvalue weighted by Gasteiger charge is -2.28. The molecule has 6 heteroatoms. The van der Waals surface area contributed by atoms with E-state index in [1.165, 1.54) is 19.0 Å². The van der Waals surface area contributed by atoms with E-state index < -0.39 is 0 Å². The molecule has 0 aromatic carbocycles. The molecule has 0 N–H and O–H groups in total. The Morgan fingerprint density at radius 3 is 2.12 bits per heavy atom. The van der Waals surface area contributed by atoms with Crippen LogP contribution in [0.25, 0.3) is 0 Å². The molecule has 0 aromatic rings. The summed E-state index contributed by atoms with van der Waals surface area (Å²) < 4.78 is 4.48. The molecule has 0 heterocycles. The molecule has 0 aliphatic heterocycles. The summed E-state index contributed by atoms with van der Waals surface area (Å²) in [5, 5.41) is 2.90. The van der Waals surface area contributed by atoms with Crippen LogP contribution >= 0.6 is 0 Å². The van der Waals surface area contributed by atoms with E-state index in [1.54, 1.807) is 19.1 Å². The van der Waals surface area contributed by atoms with Crippen molar-refractivity contribution in [3.05, 3.63) is 0 Å². The van der Waals surface area contributed by atoms with Crippen LogP contribution in [0.15, 0.2) is 0 Å². The minimum atomic E-state index is -0.387. The molecule has 0 aromatic heterocycles. The van der Waals surface area contributed by atoms with Gasteiger partial charge in [-0.3, -0.25) is 19.4 Å². The minimum Gasteiger partial charge on any atom is -0.469 e. The second kappa shape index (κ2) is 6.95. The Kier molecular flexibility index (Phi) is 6.32. The van der Waals surface area contributed by atoms with Gasteiger partial charge in [-0.2, -0.15) is 0 Å². The van der Waals surface area contributed by atoms with E-state index >= 15 is 0 Å². The number of ketones is 1. The molecule has 0 radical (unpaired) electrons. The van der Waals surface area contributed by atoms with Gasteiger partial charge in [0.25, 0.3) is 0 Å². The zero-order chi connectivity index (χ0) is 12.7. The van der Waals surface area contributed by atoms with Gasteiger partial charge in [0.2, 0.25) is 5.91 Å². The van der Waals surface area contributed by atoms with Gasteiger partial charge in [0.05, 0.1) is 20.0 Å². The fourth-order valence-electron chi connectivity index (χ4n) is 1.15. The van der Waals surface area contributed by atoms with E-state index in [4.69, 9.17) is 0 Å². The first-order chi connectivity index (χ1) is 7.38. The second-order valence-corrected chi connectivity index (χ2v) is 3.57. The van der Waals surface area contributed by atoms with Gasteiger partial charge in [-0.25, -0.2) is 5.01 Å². The van der Waals surface area contributed by atoms with Gasteiger partial charge >= 0.3 is 5.97 Å². The average molecular weight is 230 g/mol. The monoisotopic (exact) mass is 230 g/mol. The van der Waals surface area contributed by atoms with Crippen molar-refractivity contribution in [2.45, 2.75) is 19.8 Å². The number of carbonyl (C=O) groups is 3. The van der Waals surface area contributed by atoms with Crippen LogP contribution in [-0.4, -0.2) is 55.4 Å². The molecule has 0 saturated carbocycles. The topological polar surface area (TPSA) is 66.9 Å². The molecule has 0 aliphatic rings. The summed E-state index contributed by atoms with van der Waals surface area (Å²) in [6.45, 7) is 1.57. The lowest BCUT2D eigenvalue weighted by molar-refractivity contribution is -0.149. The summed E-state index contributed by atoms with van der Waals surface area (Å²) in [6, 6.07) is 0. The molecule has 0 unspecified atom stereocenters. The predicted octanol–water partition coefficient (Wildman–Crippen LogP) is -0.166. The van der Waals surface area contributed by atoms with Gasteiger partial charge < -0.3 is 4.74 Å².